The predicted molar refractivity (Wildman–Crippen MR) is 120 cm³/mol. The molecule has 3 aromatic rings. The zero-order valence-electron chi connectivity index (χ0n) is 16.4. The molecule has 0 amide bonds. The first-order valence-electron chi connectivity index (χ1n) is 9.75. The Labute approximate surface area is 187 Å². The largest absolute Gasteiger partial charge is 0.507 e. The van der Waals surface area contributed by atoms with Gasteiger partial charge in [0.05, 0.1) is 12.4 Å². The van der Waals surface area contributed by atoms with Crippen LogP contribution in [0.5, 0.6) is 5.75 Å². The molecule has 5 rings (SSSR count). The third-order valence-corrected chi connectivity index (χ3v) is 5.87. The molecule has 0 atom stereocenters. The van der Waals surface area contributed by atoms with E-state index in [0.29, 0.717) is 17.2 Å². The van der Waals surface area contributed by atoms with Gasteiger partial charge in [-0.1, -0.05) is 18.9 Å². The van der Waals surface area contributed by atoms with Gasteiger partial charge in [0.2, 0.25) is 5.95 Å². The van der Waals surface area contributed by atoms with Gasteiger partial charge in [-0.25, -0.2) is 4.98 Å². The van der Waals surface area contributed by atoms with E-state index in [1.165, 1.54) is 25.7 Å². The van der Waals surface area contributed by atoms with E-state index in [4.69, 9.17) is 0 Å². The monoisotopic (exact) mass is 449 g/mol. The summed E-state index contributed by atoms with van der Waals surface area (Å²) in [7, 11) is 0. The molecule has 10 heteroatoms. The van der Waals surface area contributed by atoms with Gasteiger partial charge in [0, 0.05) is 42.5 Å². The van der Waals surface area contributed by atoms with Gasteiger partial charge in [-0.15, -0.1) is 35.0 Å². The molecule has 2 aromatic heterocycles. The summed E-state index contributed by atoms with van der Waals surface area (Å²) < 4.78 is 0. The number of aromatic nitrogens is 5. The van der Waals surface area contributed by atoms with Gasteiger partial charge in [-0.05, 0) is 30.5 Å². The van der Waals surface area contributed by atoms with Gasteiger partial charge in [-0.3, -0.25) is 5.10 Å². The Hall–Kier alpha value is -2.42. The van der Waals surface area contributed by atoms with Gasteiger partial charge in [0.1, 0.15) is 11.4 Å². The number of hydrogen-bond acceptors (Lipinski definition) is 7. The highest BCUT2D eigenvalue weighted by Gasteiger charge is 2.38. The maximum Gasteiger partial charge on any atom is 0.245 e. The summed E-state index contributed by atoms with van der Waals surface area (Å²) in [5, 5.41) is 29.6. The van der Waals surface area contributed by atoms with Crippen LogP contribution in [0.2, 0.25) is 0 Å². The third-order valence-electron chi connectivity index (χ3n) is 5.87. The van der Waals surface area contributed by atoms with E-state index in [9.17, 15) is 5.11 Å². The van der Waals surface area contributed by atoms with Crippen LogP contribution in [0.4, 0.5) is 5.95 Å². The normalized spacial score (nSPS) is 17.4. The molecule has 1 aliphatic carbocycles. The average molecular weight is 450 g/mol. The van der Waals surface area contributed by atoms with Crippen LogP contribution in [-0.2, 0) is 0 Å². The number of nitrogens with zero attached hydrogens (tertiary/aromatic N) is 5. The van der Waals surface area contributed by atoms with Crippen molar-refractivity contribution in [2.45, 2.75) is 31.2 Å². The van der Waals surface area contributed by atoms with Crippen LogP contribution in [0, 0.1) is 0 Å². The Kier molecular flexibility index (Phi) is 6.80. The number of nitrogens with one attached hydrogen (secondary N) is 2. The highest BCUT2D eigenvalue weighted by molar-refractivity contribution is 5.85. The summed E-state index contributed by atoms with van der Waals surface area (Å²) in [4.78, 5) is 6.77. The predicted octanol–water partition coefficient (Wildman–Crippen LogP) is 3.20. The number of H-pyrrole nitrogens is 1. The Morgan fingerprint density at radius 1 is 1.03 bits per heavy atom. The molecule has 0 unspecified atom stereocenters. The minimum absolute atomic E-state index is 0. The molecule has 2 fully saturated rings. The lowest BCUT2D eigenvalue weighted by Gasteiger charge is -2.41. The van der Waals surface area contributed by atoms with Crippen molar-refractivity contribution in [2.75, 3.05) is 24.5 Å². The summed E-state index contributed by atoms with van der Waals surface area (Å²) in [6.45, 7) is 2.76. The molecule has 8 nitrogen and oxygen atoms in total. The average Bonchev–Trinajstić information content (AvgIpc) is 3.41. The molecule has 1 aromatic carbocycles. The Morgan fingerprint density at radius 2 is 1.87 bits per heavy atom. The fraction of sp³-hybridized carbons (Fsp3) is 0.400. The molecule has 1 aliphatic heterocycles. The van der Waals surface area contributed by atoms with Gasteiger partial charge in [-0.2, -0.15) is 5.10 Å². The first-order valence-corrected chi connectivity index (χ1v) is 9.75. The zero-order chi connectivity index (χ0) is 19.0. The van der Waals surface area contributed by atoms with Gasteiger partial charge in [0.15, 0.2) is 0 Å². The fourth-order valence-electron chi connectivity index (χ4n) is 4.39. The van der Waals surface area contributed by atoms with Crippen molar-refractivity contribution >= 4 is 30.8 Å². The first-order chi connectivity index (χ1) is 13.7. The van der Waals surface area contributed by atoms with E-state index in [-0.39, 0.29) is 36.1 Å². The lowest BCUT2D eigenvalue weighted by molar-refractivity contribution is 0.301. The highest BCUT2D eigenvalue weighted by Crippen LogP contribution is 2.34. The van der Waals surface area contributed by atoms with Crippen LogP contribution in [0.3, 0.4) is 0 Å². The second kappa shape index (κ2) is 9.16. The van der Waals surface area contributed by atoms with Gasteiger partial charge < -0.3 is 15.3 Å². The van der Waals surface area contributed by atoms with Crippen molar-refractivity contribution < 1.29 is 5.11 Å². The molecule has 0 bridgehead atoms. The number of phenolic OH excluding ortho intramolecular Hbond substituents is 1. The van der Waals surface area contributed by atoms with E-state index >= 15 is 0 Å². The second-order valence-electron chi connectivity index (χ2n) is 7.70. The van der Waals surface area contributed by atoms with E-state index in [1.54, 1.807) is 24.7 Å². The third kappa shape index (κ3) is 4.21. The standard InChI is InChI=1S/C20H23N7O.2ClH/c28-18-9-14(15-10-23-24-11-15)3-4-16(18)17-12-21-19(26-25-17)27-8-7-22-20(13-27)5-1-2-6-20;;/h3-4,9-12,22,28H,1-2,5-8,13H2,(H,23,24);2*1H. The first kappa shape index (κ1) is 22.3. The maximum atomic E-state index is 10.5. The minimum Gasteiger partial charge on any atom is -0.507 e. The molecule has 1 saturated carbocycles. The van der Waals surface area contributed by atoms with Crippen molar-refractivity contribution in [3.63, 3.8) is 0 Å². The fourth-order valence-corrected chi connectivity index (χ4v) is 4.39. The van der Waals surface area contributed by atoms with Crippen LogP contribution in [0.15, 0.2) is 36.8 Å². The lowest BCUT2D eigenvalue weighted by Crippen LogP contribution is -2.59. The van der Waals surface area contributed by atoms with Crippen molar-refractivity contribution in [1.29, 1.82) is 0 Å². The maximum absolute atomic E-state index is 10.5. The molecule has 1 saturated heterocycles. The Balaban J connectivity index is 0.00000128. The molecule has 30 heavy (non-hydrogen) atoms. The molecule has 3 N–H and O–H groups in total. The summed E-state index contributed by atoms with van der Waals surface area (Å²) >= 11 is 0. The van der Waals surface area contributed by atoms with Crippen LogP contribution < -0.4 is 10.2 Å². The topological polar surface area (TPSA) is 103 Å². The molecule has 160 valence electrons. The number of benzene rings is 1. The van der Waals surface area contributed by atoms with E-state index < -0.39 is 0 Å². The van der Waals surface area contributed by atoms with E-state index in [2.05, 4.69) is 35.6 Å². The Morgan fingerprint density at radius 3 is 2.53 bits per heavy atom. The summed E-state index contributed by atoms with van der Waals surface area (Å²) in [6.07, 6.45) is 10.2. The molecule has 1 spiro atoms. The summed E-state index contributed by atoms with van der Waals surface area (Å²) in [5.74, 6) is 0.806. The van der Waals surface area contributed by atoms with Gasteiger partial charge in [0.25, 0.3) is 0 Å². The minimum atomic E-state index is 0. The number of aromatic amines is 1. The van der Waals surface area contributed by atoms with Crippen molar-refractivity contribution in [2.24, 2.45) is 0 Å². The SMILES string of the molecule is Cl.Cl.Oc1cc(-c2cn[nH]c2)ccc1-c1cnc(N2CCNC3(CCCC3)C2)nn1. The van der Waals surface area contributed by atoms with E-state index in [1.807, 2.05) is 12.1 Å². The van der Waals surface area contributed by atoms with Gasteiger partial charge >= 0.3 is 0 Å². The molecular weight excluding hydrogens is 425 g/mol. The number of aromatic hydroxyl groups is 1. The number of hydrogen-bond donors (Lipinski definition) is 3. The van der Waals surface area contributed by atoms with Crippen LogP contribution in [0.1, 0.15) is 25.7 Å². The van der Waals surface area contributed by atoms with Crippen molar-refractivity contribution in [1.82, 2.24) is 30.7 Å². The molecule has 0 radical (unpaired) electrons. The number of anilines is 1. The zero-order valence-corrected chi connectivity index (χ0v) is 18.0. The van der Waals surface area contributed by atoms with Crippen molar-refractivity contribution in [3.05, 3.63) is 36.8 Å². The van der Waals surface area contributed by atoms with Crippen LogP contribution in [0.25, 0.3) is 22.4 Å². The number of rotatable bonds is 3. The smallest absolute Gasteiger partial charge is 0.245 e. The summed E-state index contributed by atoms with van der Waals surface area (Å²) in [6, 6.07) is 5.47. The molecule has 2 aliphatic rings. The van der Waals surface area contributed by atoms with E-state index in [0.717, 1.165) is 30.8 Å². The number of halogens is 2. The van der Waals surface area contributed by atoms with Crippen LogP contribution >= 0.6 is 24.8 Å². The summed E-state index contributed by atoms with van der Waals surface area (Å²) in [5.41, 5.74) is 3.19. The number of piperazine rings is 1. The highest BCUT2D eigenvalue weighted by atomic mass is 35.5. The quantitative estimate of drug-likeness (QED) is 0.563. The second-order valence-corrected chi connectivity index (χ2v) is 7.70. The van der Waals surface area contributed by atoms with Crippen molar-refractivity contribution in [3.8, 4) is 28.1 Å². The molecular formula is C20H25Cl2N7O. The van der Waals surface area contributed by atoms with Crippen LogP contribution in [-0.4, -0.2) is 55.7 Å². The Bertz CT molecular complexity index is 960. The molecule has 3 heterocycles. The lowest BCUT2D eigenvalue weighted by atomic mass is 9.95. The number of phenols is 1.